The number of aryl methyl sites for hydroxylation is 1. The van der Waals surface area contributed by atoms with Crippen molar-refractivity contribution in [1.82, 2.24) is 20.6 Å². The summed E-state index contributed by atoms with van der Waals surface area (Å²) in [5.74, 6) is 1.65. The summed E-state index contributed by atoms with van der Waals surface area (Å²) in [6, 6.07) is 14.5. The van der Waals surface area contributed by atoms with Gasteiger partial charge in [0.2, 0.25) is 0 Å². The van der Waals surface area contributed by atoms with Crippen molar-refractivity contribution in [3.05, 3.63) is 64.2 Å². The summed E-state index contributed by atoms with van der Waals surface area (Å²) in [5, 5.41) is 6.63. The lowest BCUT2D eigenvalue weighted by Crippen LogP contribution is -2.36. The van der Waals surface area contributed by atoms with Gasteiger partial charge in [-0.15, -0.1) is 11.3 Å². The fourth-order valence-corrected chi connectivity index (χ4v) is 3.38. The van der Waals surface area contributed by atoms with Gasteiger partial charge in [-0.05, 0) is 24.1 Å². The predicted octanol–water partition coefficient (Wildman–Crippen LogP) is 3.57. The van der Waals surface area contributed by atoms with E-state index in [1.807, 2.05) is 35.7 Å². The summed E-state index contributed by atoms with van der Waals surface area (Å²) < 4.78 is 0. The van der Waals surface area contributed by atoms with Gasteiger partial charge in [-0.2, -0.15) is 0 Å². The molecule has 1 aromatic carbocycles. The molecule has 0 fully saturated rings. The number of rotatable bonds is 6. The van der Waals surface area contributed by atoms with Crippen molar-refractivity contribution in [3.63, 3.8) is 0 Å². The Kier molecular flexibility index (Phi) is 5.85. The number of hydrogen-bond donors (Lipinski definition) is 3. The van der Waals surface area contributed by atoms with Crippen LogP contribution in [-0.4, -0.2) is 23.0 Å². The molecule has 0 radical (unpaired) electrons. The van der Waals surface area contributed by atoms with Crippen molar-refractivity contribution in [2.24, 2.45) is 4.99 Å². The summed E-state index contributed by atoms with van der Waals surface area (Å²) >= 11 is 1.84. The number of benzene rings is 1. The summed E-state index contributed by atoms with van der Waals surface area (Å²) in [5.41, 5.74) is 2.15. The van der Waals surface area contributed by atoms with Gasteiger partial charge in [0.05, 0.1) is 25.0 Å². The molecule has 0 saturated heterocycles. The van der Waals surface area contributed by atoms with Crippen LogP contribution >= 0.6 is 11.3 Å². The molecule has 0 aliphatic heterocycles. The molecule has 2 heterocycles. The summed E-state index contributed by atoms with van der Waals surface area (Å²) in [6.45, 7) is 3.55. The Hall–Kier alpha value is -2.60. The Bertz CT molecular complexity index is 819. The van der Waals surface area contributed by atoms with Crippen LogP contribution in [0.15, 0.2) is 53.7 Å². The van der Waals surface area contributed by atoms with Crippen molar-refractivity contribution >= 4 is 17.3 Å². The molecule has 3 N–H and O–H groups in total. The van der Waals surface area contributed by atoms with Crippen LogP contribution in [0.5, 0.6) is 0 Å². The number of hydrogen-bond acceptors (Lipinski definition) is 3. The average molecular weight is 353 g/mol. The predicted molar refractivity (Wildman–Crippen MR) is 105 cm³/mol. The van der Waals surface area contributed by atoms with E-state index in [1.54, 1.807) is 7.05 Å². The number of nitrogens with one attached hydrogen (secondary N) is 3. The Morgan fingerprint density at radius 2 is 1.84 bits per heavy atom. The molecule has 0 aliphatic carbocycles. The largest absolute Gasteiger partial charge is 0.352 e. The Balaban J connectivity index is 1.52. The van der Waals surface area contributed by atoms with Crippen molar-refractivity contribution in [3.8, 4) is 11.3 Å². The van der Waals surface area contributed by atoms with Gasteiger partial charge in [0.1, 0.15) is 5.82 Å². The van der Waals surface area contributed by atoms with Crippen LogP contribution in [-0.2, 0) is 19.5 Å². The second-order valence-electron chi connectivity index (χ2n) is 5.61. The van der Waals surface area contributed by atoms with E-state index in [2.05, 4.69) is 56.8 Å². The van der Waals surface area contributed by atoms with Crippen LogP contribution in [0.2, 0.25) is 0 Å². The number of aromatic amines is 1. The van der Waals surface area contributed by atoms with Crippen molar-refractivity contribution in [2.45, 2.75) is 26.4 Å². The highest BCUT2D eigenvalue weighted by Gasteiger charge is 2.05. The number of aliphatic imine (C=N–C) groups is 1. The first kappa shape index (κ1) is 17.2. The van der Waals surface area contributed by atoms with Gasteiger partial charge in [-0.25, -0.2) is 4.98 Å². The average Bonchev–Trinajstić information content (AvgIpc) is 3.32. The first-order valence-electron chi connectivity index (χ1n) is 8.40. The molecule has 0 spiro atoms. The molecular formula is C19H23N5S. The van der Waals surface area contributed by atoms with Gasteiger partial charge in [-0.3, -0.25) is 4.99 Å². The third-order valence-electron chi connectivity index (χ3n) is 3.86. The highest BCUT2D eigenvalue weighted by atomic mass is 32.1. The number of H-pyrrole nitrogens is 1. The van der Waals surface area contributed by atoms with Crippen molar-refractivity contribution in [1.29, 1.82) is 0 Å². The fraction of sp³-hybridized carbons (Fsp3) is 0.263. The molecule has 0 atom stereocenters. The molecule has 3 rings (SSSR count). The lowest BCUT2D eigenvalue weighted by atomic mass is 10.2. The monoisotopic (exact) mass is 353 g/mol. The SMILES string of the molecule is CCc1ccc(CNC(=NC)NCc2ncc(-c3ccccc3)[nH]2)s1. The first-order valence-corrected chi connectivity index (χ1v) is 9.21. The molecule has 25 heavy (non-hydrogen) atoms. The highest BCUT2D eigenvalue weighted by Crippen LogP contribution is 2.17. The molecule has 0 unspecified atom stereocenters. The number of guanidine groups is 1. The van der Waals surface area contributed by atoms with E-state index in [-0.39, 0.29) is 0 Å². The molecule has 130 valence electrons. The minimum atomic E-state index is 0.594. The zero-order valence-corrected chi connectivity index (χ0v) is 15.4. The fourth-order valence-electron chi connectivity index (χ4n) is 2.48. The second kappa shape index (κ2) is 8.48. The Labute approximate surface area is 152 Å². The zero-order valence-electron chi connectivity index (χ0n) is 14.5. The maximum atomic E-state index is 4.43. The number of thiophene rings is 1. The number of aromatic nitrogens is 2. The molecule has 3 aromatic rings. The van der Waals surface area contributed by atoms with Crippen LogP contribution in [0, 0.1) is 0 Å². The quantitative estimate of drug-likeness (QED) is 0.469. The van der Waals surface area contributed by atoms with Crippen LogP contribution in [0.3, 0.4) is 0 Å². The third kappa shape index (κ3) is 4.70. The standard InChI is InChI=1S/C19H23N5S/c1-3-15-9-10-16(25-15)11-22-19(20-2)23-13-18-21-12-17(24-18)14-7-5-4-6-8-14/h4-10,12H,3,11,13H2,1-2H3,(H,21,24)(H2,20,22,23). The Morgan fingerprint density at radius 1 is 1.08 bits per heavy atom. The summed E-state index contributed by atoms with van der Waals surface area (Å²) in [4.78, 5) is 14.8. The van der Waals surface area contributed by atoms with E-state index < -0.39 is 0 Å². The first-order chi connectivity index (χ1) is 12.3. The summed E-state index contributed by atoms with van der Waals surface area (Å²) in [7, 11) is 1.78. The maximum absolute atomic E-state index is 4.43. The third-order valence-corrected chi connectivity index (χ3v) is 5.09. The van der Waals surface area contributed by atoms with Crippen LogP contribution in [0.4, 0.5) is 0 Å². The van der Waals surface area contributed by atoms with Gasteiger partial charge >= 0.3 is 0 Å². The molecule has 5 nitrogen and oxygen atoms in total. The van der Waals surface area contributed by atoms with Gasteiger partial charge in [0.25, 0.3) is 0 Å². The Morgan fingerprint density at radius 3 is 2.56 bits per heavy atom. The maximum Gasteiger partial charge on any atom is 0.191 e. The summed E-state index contributed by atoms with van der Waals surface area (Å²) in [6.07, 6.45) is 2.94. The number of nitrogens with zero attached hydrogens (tertiary/aromatic N) is 2. The van der Waals surface area contributed by atoms with Crippen LogP contribution in [0.1, 0.15) is 22.5 Å². The topological polar surface area (TPSA) is 65.1 Å². The van der Waals surface area contributed by atoms with Crippen LogP contribution < -0.4 is 10.6 Å². The molecular weight excluding hydrogens is 330 g/mol. The van der Waals surface area contributed by atoms with Gasteiger partial charge in [0, 0.05) is 16.8 Å². The molecule has 0 amide bonds. The highest BCUT2D eigenvalue weighted by molar-refractivity contribution is 7.11. The van der Waals surface area contributed by atoms with Gasteiger partial charge in [-0.1, -0.05) is 37.3 Å². The van der Waals surface area contributed by atoms with Gasteiger partial charge < -0.3 is 15.6 Å². The molecule has 0 saturated carbocycles. The van der Waals surface area contributed by atoms with Gasteiger partial charge in [0.15, 0.2) is 5.96 Å². The normalized spacial score (nSPS) is 11.5. The minimum absolute atomic E-state index is 0.594. The smallest absolute Gasteiger partial charge is 0.191 e. The molecule has 0 bridgehead atoms. The lowest BCUT2D eigenvalue weighted by molar-refractivity contribution is 0.786. The van der Waals surface area contributed by atoms with E-state index in [4.69, 9.17) is 0 Å². The van der Waals surface area contributed by atoms with E-state index in [1.165, 1.54) is 9.75 Å². The molecule has 0 aliphatic rings. The van der Waals surface area contributed by atoms with E-state index in [0.29, 0.717) is 6.54 Å². The van der Waals surface area contributed by atoms with E-state index >= 15 is 0 Å². The number of imidazole rings is 1. The van der Waals surface area contributed by atoms with E-state index in [9.17, 15) is 0 Å². The van der Waals surface area contributed by atoms with E-state index in [0.717, 1.165) is 36.0 Å². The van der Waals surface area contributed by atoms with Crippen LogP contribution in [0.25, 0.3) is 11.3 Å². The van der Waals surface area contributed by atoms with Crippen molar-refractivity contribution < 1.29 is 0 Å². The second-order valence-corrected chi connectivity index (χ2v) is 6.86. The molecule has 2 aromatic heterocycles. The zero-order chi connectivity index (χ0) is 17.5. The lowest BCUT2D eigenvalue weighted by Gasteiger charge is -2.10. The van der Waals surface area contributed by atoms with Crippen molar-refractivity contribution in [2.75, 3.05) is 7.05 Å². The molecule has 6 heteroatoms. The minimum Gasteiger partial charge on any atom is -0.352 e.